The molecule has 0 spiro atoms. The minimum Gasteiger partial charge on any atom is -0.508 e. The van der Waals surface area contributed by atoms with Crippen LogP contribution in [0.25, 0.3) is 28.4 Å². The normalized spacial score (nSPS) is 32.7. The summed E-state index contributed by atoms with van der Waals surface area (Å²) in [5.74, 6) is -3.38. The van der Waals surface area contributed by atoms with Crippen LogP contribution in [0.1, 0.15) is 17.2 Å². The van der Waals surface area contributed by atoms with E-state index in [9.17, 15) is 76.0 Å². The first-order valence-electron chi connectivity index (χ1n) is 20.3. The molecular weight excluding hydrogens is 884 g/mol. The Balaban J connectivity index is 1.31. The lowest BCUT2D eigenvalue weighted by Crippen LogP contribution is -2.66. The fourth-order valence-electron chi connectivity index (χ4n) is 7.88. The van der Waals surface area contributed by atoms with Gasteiger partial charge < -0.3 is 104 Å². The maximum absolute atomic E-state index is 13.8. The first-order chi connectivity index (χ1) is 31.5. The molecule has 4 heterocycles. The molecule has 3 fully saturated rings. The predicted molar refractivity (Wildman–Crippen MR) is 218 cm³/mol. The van der Waals surface area contributed by atoms with Crippen molar-refractivity contribution in [2.24, 2.45) is 0 Å². The van der Waals surface area contributed by atoms with Crippen molar-refractivity contribution in [1.29, 1.82) is 0 Å². The monoisotopic (exact) mass is 932 g/mol. The summed E-state index contributed by atoms with van der Waals surface area (Å²) in [7, 11) is 1.30. The summed E-state index contributed by atoms with van der Waals surface area (Å²) in [4.78, 5) is 27.5. The number of carbonyl (C=O) groups excluding carboxylic acids is 1. The molecule has 4 aromatic rings. The van der Waals surface area contributed by atoms with Gasteiger partial charge >= 0.3 is 5.97 Å². The average Bonchev–Trinajstić information content (AvgIpc) is 3.29. The van der Waals surface area contributed by atoms with Crippen molar-refractivity contribution in [2.45, 2.75) is 91.9 Å². The molecule has 15 atom stereocenters. The highest BCUT2D eigenvalue weighted by molar-refractivity contribution is 5.89. The number of aromatic hydroxyl groups is 4. The first kappa shape index (κ1) is 48.5. The molecule has 66 heavy (non-hydrogen) atoms. The van der Waals surface area contributed by atoms with Gasteiger partial charge in [-0.05, 0) is 42.0 Å². The summed E-state index contributed by atoms with van der Waals surface area (Å²) in [6, 6.07) is 11.5. The summed E-state index contributed by atoms with van der Waals surface area (Å²) in [6.45, 7) is -2.87. The zero-order chi connectivity index (χ0) is 47.7. The number of esters is 1. The van der Waals surface area contributed by atoms with E-state index in [4.69, 9.17) is 37.6 Å². The number of phenolic OH excluding ortho intramolecular Hbond substituents is 4. The van der Waals surface area contributed by atoms with Crippen LogP contribution in [-0.4, -0.2) is 185 Å². The molecule has 3 saturated heterocycles. The Morgan fingerprint density at radius 1 is 0.667 bits per heavy atom. The summed E-state index contributed by atoms with van der Waals surface area (Å²) in [5.41, 5.74) is -1.27. The van der Waals surface area contributed by atoms with E-state index < -0.39 is 146 Å². The highest BCUT2D eigenvalue weighted by Gasteiger charge is 2.56. The Morgan fingerprint density at radius 2 is 1.29 bits per heavy atom. The van der Waals surface area contributed by atoms with Gasteiger partial charge in [-0.25, -0.2) is 4.79 Å². The van der Waals surface area contributed by atoms with Crippen molar-refractivity contribution < 1.29 is 109 Å². The number of aliphatic hydroxyl groups excluding tert-OH is 9. The number of methoxy groups -OCH3 is 1. The Morgan fingerprint density at radius 3 is 1.94 bits per heavy atom. The minimum absolute atomic E-state index is 0.0320. The van der Waals surface area contributed by atoms with Crippen LogP contribution in [0, 0.1) is 0 Å². The number of phenols is 4. The smallest absolute Gasteiger partial charge is 0.331 e. The number of aliphatic hydroxyl groups is 9. The molecule has 23 heteroatoms. The van der Waals surface area contributed by atoms with E-state index in [1.165, 1.54) is 55.7 Å². The third-order valence-electron chi connectivity index (χ3n) is 11.4. The van der Waals surface area contributed by atoms with Gasteiger partial charge in [0.05, 0.1) is 32.5 Å². The van der Waals surface area contributed by atoms with Crippen LogP contribution >= 0.6 is 0 Å². The van der Waals surface area contributed by atoms with Crippen LogP contribution in [0.3, 0.4) is 0 Å². The number of carbonyl (C=O) groups is 1. The highest BCUT2D eigenvalue weighted by Crippen LogP contribution is 2.47. The Hall–Kier alpha value is -5.48. The highest BCUT2D eigenvalue weighted by atomic mass is 16.8. The Labute approximate surface area is 372 Å². The maximum Gasteiger partial charge on any atom is 0.331 e. The van der Waals surface area contributed by atoms with Crippen molar-refractivity contribution in [3.05, 3.63) is 82.0 Å². The zero-order valence-electron chi connectivity index (χ0n) is 34.5. The Bertz CT molecular complexity index is 2420. The average molecular weight is 933 g/mol. The number of fused-ring (bicyclic) bond motifs is 1. The van der Waals surface area contributed by atoms with E-state index in [1.54, 1.807) is 0 Å². The van der Waals surface area contributed by atoms with Gasteiger partial charge in [-0.3, -0.25) is 4.79 Å². The van der Waals surface area contributed by atoms with E-state index in [2.05, 4.69) is 0 Å². The minimum atomic E-state index is -2.11. The summed E-state index contributed by atoms with van der Waals surface area (Å²) < 4.78 is 45.9. The molecule has 3 aliphatic rings. The largest absolute Gasteiger partial charge is 0.508 e. The van der Waals surface area contributed by atoms with Gasteiger partial charge in [-0.1, -0.05) is 12.1 Å². The van der Waals surface area contributed by atoms with Crippen LogP contribution in [0.2, 0.25) is 0 Å². The second-order valence-electron chi connectivity index (χ2n) is 15.6. The summed E-state index contributed by atoms with van der Waals surface area (Å²) >= 11 is 0. The second-order valence-corrected chi connectivity index (χ2v) is 15.6. The molecule has 358 valence electrons. The molecule has 0 aliphatic carbocycles. The number of ether oxygens (including phenoxy) is 7. The topological polar surface area (TPSA) is 375 Å². The fourth-order valence-corrected chi connectivity index (χ4v) is 7.88. The molecule has 0 radical (unpaired) electrons. The molecule has 0 saturated carbocycles. The van der Waals surface area contributed by atoms with E-state index in [0.717, 1.165) is 18.2 Å². The van der Waals surface area contributed by atoms with Crippen molar-refractivity contribution in [3.8, 4) is 40.1 Å². The van der Waals surface area contributed by atoms with E-state index in [-0.39, 0.29) is 34.2 Å². The molecule has 13 N–H and O–H groups in total. The van der Waals surface area contributed by atoms with Gasteiger partial charge in [0.25, 0.3) is 0 Å². The zero-order valence-corrected chi connectivity index (χ0v) is 34.5. The van der Waals surface area contributed by atoms with Crippen LogP contribution in [0.5, 0.6) is 28.7 Å². The molecule has 0 bridgehead atoms. The van der Waals surface area contributed by atoms with Gasteiger partial charge in [-0.2, -0.15) is 0 Å². The molecule has 0 amide bonds. The fraction of sp³-hybridized carbons (Fsp3) is 0.442. The van der Waals surface area contributed by atoms with Crippen molar-refractivity contribution in [2.75, 3.05) is 26.9 Å². The molecule has 1 aromatic heterocycles. The molecule has 23 nitrogen and oxygen atoms in total. The van der Waals surface area contributed by atoms with Gasteiger partial charge in [0, 0.05) is 23.8 Å². The lowest BCUT2D eigenvalue weighted by Gasteiger charge is -2.49. The maximum atomic E-state index is 13.8. The SMILES string of the molecule is COc1cc(-c2cc(=O)c3c(O)c(C4OC(CO)C(O)C(OC5OC(CO)C(O)C(O)C5OC5OC(CO)C(O)C(O)C5O)C4OC(=O)/C=C/c4ccc(O)cc4)c(O)cc3o2)ccc1O. The van der Waals surface area contributed by atoms with Crippen LogP contribution in [0.15, 0.2) is 69.9 Å². The van der Waals surface area contributed by atoms with Crippen molar-refractivity contribution in [1.82, 2.24) is 0 Å². The predicted octanol–water partition coefficient (Wildman–Crippen LogP) is -2.28. The molecular formula is C43H48O23. The lowest BCUT2D eigenvalue weighted by atomic mass is 9.88. The Kier molecular flexibility index (Phi) is 14.8. The quantitative estimate of drug-likeness (QED) is 0.0496. The number of benzene rings is 3. The summed E-state index contributed by atoms with van der Waals surface area (Å²) in [5, 5.41) is 138. The molecule has 3 aromatic carbocycles. The van der Waals surface area contributed by atoms with Crippen LogP contribution in [0.4, 0.5) is 0 Å². The van der Waals surface area contributed by atoms with E-state index in [0.29, 0.717) is 5.56 Å². The second kappa shape index (κ2) is 20.2. The number of hydrogen-bond acceptors (Lipinski definition) is 23. The van der Waals surface area contributed by atoms with Gasteiger partial charge in [0.15, 0.2) is 35.6 Å². The van der Waals surface area contributed by atoms with E-state index in [1.807, 2.05) is 0 Å². The third kappa shape index (κ3) is 9.53. The molecule has 7 rings (SSSR count). The van der Waals surface area contributed by atoms with Crippen LogP contribution in [-0.2, 0) is 33.2 Å². The third-order valence-corrected chi connectivity index (χ3v) is 11.4. The van der Waals surface area contributed by atoms with Gasteiger partial charge in [0.1, 0.15) is 107 Å². The lowest BCUT2D eigenvalue weighted by molar-refractivity contribution is -0.382. The number of hydrogen-bond donors (Lipinski definition) is 13. The van der Waals surface area contributed by atoms with E-state index >= 15 is 0 Å². The van der Waals surface area contributed by atoms with Gasteiger partial charge in [-0.15, -0.1) is 0 Å². The molecule has 15 unspecified atom stereocenters. The first-order valence-corrected chi connectivity index (χ1v) is 20.3. The van der Waals surface area contributed by atoms with Crippen LogP contribution < -0.4 is 10.2 Å². The van der Waals surface area contributed by atoms with Crippen molar-refractivity contribution in [3.63, 3.8) is 0 Å². The van der Waals surface area contributed by atoms with Gasteiger partial charge in [0.2, 0.25) is 0 Å². The molecule has 3 aliphatic heterocycles. The standard InChI is InChI=1S/C43H48O23/c1-59-23-10-17(5-8-19(23)48)22-11-20(49)29-24(60-22)12-21(50)30(34(29)55)38-41(64-28(51)9-4-16-2-6-18(47)7-3-16)39(33(54)27(15-46)61-38)65-43-40(36(57)32(53)26(14-45)63-43)66-42-37(58)35(56)31(52)25(13-44)62-42/h2-12,25-27,31-33,35-48,50,52-58H,13-15H2,1H3/b9-4+. The van der Waals surface area contributed by atoms with Crippen molar-refractivity contribution >= 4 is 23.0 Å². The number of rotatable bonds is 13. The summed E-state index contributed by atoms with van der Waals surface area (Å²) in [6.07, 6.45) is -26.9.